The molecule has 0 spiro atoms. The molecule has 0 aromatic heterocycles. The third kappa shape index (κ3) is 8.67. The van der Waals surface area contributed by atoms with Crippen molar-refractivity contribution in [1.29, 1.82) is 0 Å². The highest BCUT2D eigenvalue weighted by molar-refractivity contribution is 6.30. The van der Waals surface area contributed by atoms with E-state index in [0.29, 0.717) is 45.7 Å². The Morgan fingerprint density at radius 3 is 2.44 bits per heavy atom. The van der Waals surface area contributed by atoms with Gasteiger partial charge in [-0.05, 0) is 73.0 Å². The number of amides is 3. The van der Waals surface area contributed by atoms with Crippen LogP contribution in [0, 0.1) is 0 Å². The van der Waals surface area contributed by atoms with E-state index in [-0.39, 0.29) is 24.5 Å². The van der Waals surface area contributed by atoms with Crippen LogP contribution < -0.4 is 35.0 Å². The van der Waals surface area contributed by atoms with Gasteiger partial charge in [0.1, 0.15) is 6.61 Å². The number of rotatable bonds is 13. The molecule has 13 heteroatoms. The van der Waals surface area contributed by atoms with E-state index in [0.717, 1.165) is 5.56 Å². The largest absolute Gasteiger partial charge is 0.493 e. The molecule has 0 saturated heterocycles. The Morgan fingerprint density at radius 2 is 1.71 bits per heavy atom. The normalized spacial score (nSPS) is 14.3. The Bertz CT molecular complexity index is 1620. The van der Waals surface area contributed by atoms with Crippen LogP contribution in [-0.4, -0.2) is 51.6 Å². The number of benzene rings is 3. The Balaban J connectivity index is 1.35. The summed E-state index contributed by atoms with van der Waals surface area (Å²) in [5, 5.41) is 9.94. The number of hydrogen-bond acceptors (Lipinski definition) is 9. The Kier molecular flexibility index (Phi) is 11.2. The van der Waals surface area contributed by atoms with Gasteiger partial charge in [-0.25, -0.2) is 15.0 Å². The van der Waals surface area contributed by atoms with Gasteiger partial charge >= 0.3 is 12.0 Å². The smallest absolute Gasteiger partial charge is 0.338 e. The molecule has 3 aromatic carbocycles. The first-order valence-electron chi connectivity index (χ1n) is 13.9. The lowest BCUT2D eigenvalue weighted by Crippen LogP contribution is -2.45. The fourth-order valence-electron chi connectivity index (χ4n) is 4.43. The van der Waals surface area contributed by atoms with Gasteiger partial charge in [-0.1, -0.05) is 29.8 Å². The lowest BCUT2D eigenvalue weighted by atomic mass is 9.95. The average molecular weight is 637 g/mol. The molecule has 0 bridgehead atoms. The van der Waals surface area contributed by atoms with Crippen molar-refractivity contribution in [3.8, 4) is 23.0 Å². The molecule has 4 rings (SSSR count). The Morgan fingerprint density at radius 1 is 0.978 bits per heavy atom. The van der Waals surface area contributed by atoms with Crippen molar-refractivity contribution in [2.24, 2.45) is 5.10 Å². The van der Waals surface area contributed by atoms with Crippen molar-refractivity contribution >= 4 is 35.7 Å². The van der Waals surface area contributed by atoms with Gasteiger partial charge in [-0.3, -0.25) is 4.79 Å². The van der Waals surface area contributed by atoms with Crippen LogP contribution in [0.1, 0.15) is 36.6 Å². The Labute approximate surface area is 265 Å². The first-order chi connectivity index (χ1) is 21.7. The Hall–Kier alpha value is -5.23. The number of urea groups is 1. The number of esters is 1. The molecule has 0 unspecified atom stereocenters. The number of halogens is 1. The second kappa shape index (κ2) is 15.5. The molecule has 3 amide bonds. The molecule has 0 fully saturated rings. The van der Waals surface area contributed by atoms with E-state index < -0.39 is 23.9 Å². The van der Waals surface area contributed by atoms with E-state index in [4.69, 9.17) is 35.3 Å². The maximum atomic E-state index is 12.6. The van der Waals surface area contributed by atoms with Crippen LogP contribution in [0.3, 0.4) is 0 Å². The van der Waals surface area contributed by atoms with Crippen molar-refractivity contribution < 1.29 is 38.1 Å². The third-order valence-electron chi connectivity index (χ3n) is 6.52. The highest BCUT2D eigenvalue weighted by Crippen LogP contribution is 2.34. The van der Waals surface area contributed by atoms with Crippen molar-refractivity contribution in [1.82, 2.24) is 16.1 Å². The predicted molar refractivity (Wildman–Crippen MR) is 167 cm³/mol. The highest BCUT2D eigenvalue weighted by atomic mass is 35.5. The topological polar surface area (TPSA) is 146 Å². The van der Waals surface area contributed by atoms with Crippen molar-refractivity contribution in [3.63, 3.8) is 0 Å². The molecule has 12 nitrogen and oxygen atoms in total. The van der Waals surface area contributed by atoms with Crippen LogP contribution >= 0.6 is 11.6 Å². The SMILES string of the molecule is CCOC(=O)C1=C(C)NC(=O)N[C@@H]1c1ccc(OCC(=O)N/N=C/c2ccc(OCc3cccc(Cl)c3)c(OC)c2)c(OC)c1. The summed E-state index contributed by atoms with van der Waals surface area (Å²) in [5.74, 6) is 0.535. The summed E-state index contributed by atoms with van der Waals surface area (Å²) >= 11 is 6.04. The first kappa shape index (κ1) is 32.7. The molecule has 3 aromatic rings. The molecule has 1 heterocycles. The van der Waals surface area contributed by atoms with Gasteiger partial charge in [0.2, 0.25) is 0 Å². The highest BCUT2D eigenvalue weighted by Gasteiger charge is 2.32. The number of hydrazone groups is 1. The van der Waals surface area contributed by atoms with Crippen molar-refractivity contribution in [2.75, 3.05) is 27.4 Å². The number of methoxy groups -OCH3 is 2. The molecule has 236 valence electrons. The van der Waals surface area contributed by atoms with Crippen LogP contribution in [0.5, 0.6) is 23.0 Å². The molecule has 3 N–H and O–H groups in total. The standard InChI is InChI=1S/C32H33ClN4O8/c1-5-43-31(39)29-19(2)35-32(40)36-30(29)22-10-12-25(27(15-22)42-4)45-18-28(38)37-34-16-20-9-11-24(26(14-20)41-3)44-17-21-7-6-8-23(33)13-21/h6-16,30H,5,17-18H2,1-4H3,(H,37,38)(H2,35,36,40)/b34-16+/t30-/m1/s1. The molecule has 1 aliphatic heterocycles. The fraction of sp³-hybridized carbons (Fsp3) is 0.250. The summed E-state index contributed by atoms with van der Waals surface area (Å²) < 4.78 is 27.6. The monoisotopic (exact) mass is 636 g/mol. The summed E-state index contributed by atoms with van der Waals surface area (Å²) in [6, 6.07) is 16.2. The third-order valence-corrected chi connectivity index (χ3v) is 6.75. The second-order valence-electron chi connectivity index (χ2n) is 9.61. The van der Waals surface area contributed by atoms with Crippen LogP contribution in [-0.2, 0) is 20.9 Å². The number of hydrogen-bond donors (Lipinski definition) is 3. The molecule has 0 saturated carbocycles. The van der Waals surface area contributed by atoms with Crippen molar-refractivity contribution in [2.45, 2.75) is 26.5 Å². The number of carbonyl (C=O) groups excluding carboxylic acids is 3. The van der Waals surface area contributed by atoms with Crippen LogP contribution in [0.15, 0.2) is 77.0 Å². The number of carbonyl (C=O) groups is 3. The number of allylic oxidation sites excluding steroid dienone is 1. The van der Waals surface area contributed by atoms with Gasteiger partial charge in [0, 0.05) is 10.7 Å². The number of nitrogens with one attached hydrogen (secondary N) is 3. The second-order valence-corrected chi connectivity index (χ2v) is 10.0. The van der Waals surface area contributed by atoms with E-state index in [9.17, 15) is 14.4 Å². The zero-order valence-electron chi connectivity index (χ0n) is 25.1. The fourth-order valence-corrected chi connectivity index (χ4v) is 4.65. The number of nitrogens with zero attached hydrogens (tertiary/aromatic N) is 1. The van der Waals surface area contributed by atoms with Gasteiger partial charge in [-0.2, -0.15) is 5.10 Å². The van der Waals surface area contributed by atoms with E-state index in [1.807, 2.05) is 18.2 Å². The summed E-state index contributed by atoms with van der Waals surface area (Å²) in [5.41, 5.74) is 5.20. The first-order valence-corrected chi connectivity index (χ1v) is 14.2. The summed E-state index contributed by atoms with van der Waals surface area (Å²) in [6.45, 7) is 3.46. The van der Waals surface area contributed by atoms with Gasteiger partial charge in [0.25, 0.3) is 5.91 Å². The van der Waals surface area contributed by atoms with E-state index in [1.54, 1.807) is 56.3 Å². The minimum atomic E-state index is -0.777. The molecule has 1 atom stereocenters. The van der Waals surface area contributed by atoms with E-state index >= 15 is 0 Å². The van der Waals surface area contributed by atoms with Crippen LogP contribution in [0.4, 0.5) is 4.79 Å². The minimum Gasteiger partial charge on any atom is -0.493 e. The maximum absolute atomic E-state index is 12.6. The zero-order valence-corrected chi connectivity index (χ0v) is 25.9. The maximum Gasteiger partial charge on any atom is 0.338 e. The van der Waals surface area contributed by atoms with Crippen LogP contribution in [0.2, 0.25) is 5.02 Å². The van der Waals surface area contributed by atoms with Gasteiger partial charge < -0.3 is 34.3 Å². The van der Waals surface area contributed by atoms with Gasteiger partial charge in [-0.15, -0.1) is 0 Å². The number of ether oxygens (including phenoxy) is 5. The van der Waals surface area contributed by atoms with E-state index in [1.165, 1.54) is 20.4 Å². The zero-order chi connectivity index (χ0) is 32.3. The van der Waals surface area contributed by atoms with Gasteiger partial charge in [0.05, 0.1) is 38.7 Å². The molecular formula is C32H33ClN4O8. The van der Waals surface area contributed by atoms with Gasteiger partial charge in [0.15, 0.2) is 29.6 Å². The lowest BCUT2D eigenvalue weighted by molar-refractivity contribution is -0.139. The van der Waals surface area contributed by atoms with E-state index in [2.05, 4.69) is 21.2 Å². The quantitative estimate of drug-likeness (QED) is 0.140. The summed E-state index contributed by atoms with van der Waals surface area (Å²) in [6.07, 6.45) is 1.46. The molecular weight excluding hydrogens is 604 g/mol. The summed E-state index contributed by atoms with van der Waals surface area (Å²) in [7, 11) is 2.97. The lowest BCUT2D eigenvalue weighted by Gasteiger charge is -2.28. The van der Waals surface area contributed by atoms with Crippen LogP contribution in [0.25, 0.3) is 0 Å². The van der Waals surface area contributed by atoms with Crippen molar-refractivity contribution in [3.05, 3.63) is 93.6 Å². The molecule has 0 aliphatic carbocycles. The molecule has 0 radical (unpaired) electrons. The summed E-state index contributed by atoms with van der Waals surface area (Å²) in [4.78, 5) is 37.2. The minimum absolute atomic E-state index is 0.180. The molecule has 1 aliphatic rings. The average Bonchev–Trinajstić information content (AvgIpc) is 3.02. The predicted octanol–water partition coefficient (Wildman–Crippen LogP) is 4.66. The molecule has 45 heavy (non-hydrogen) atoms.